The molecule has 30 heavy (non-hydrogen) atoms. The maximum Gasteiger partial charge on any atom is 0.339 e. The van der Waals surface area contributed by atoms with Crippen molar-refractivity contribution in [2.24, 2.45) is 16.5 Å². The van der Waals surface area contributed by atoms with Crippen molar-refractivity contribution in [3.63, 3.8) is 0 Å². The lowest BCUT2D eigenvalue weighted by atomic mass is 9.72. The van der Waals surface area contributed by atoms with Gasteiger partial charge in [0, 0.05) is 31.3 Å². The Balaban J connectivity index is 2.10. The van der Waals surface area contributed by atoms with Crippen LogP contribution in [0.5, 0.6) is 0 Å². The molecule has 1 aromatic heterocycles. The average molecular weight is 424 g/mol. The first-order valence-electron chi connectivity index (χ1n) is 9.57. The van der Waals surface area contributed by atoms with Gasteiger partial charge in [0.15, 0.2) is 0 Å². The molecule has 8 nitrogen and oxygen atoms in total. The maximum absolute atomic E-state index is 14.9. The molecule has 2 aromatic rings. The van der Waals surface area contributed by atoms with Crippen molar-refractivity contribution in [3.8, 4) is 0 Å². The molecule has 0 aliphatic heterocycles. The monoisotopic (exact) mass is 424 g/mol. The van der Waals surface area contributed by atoms with Crippen LogP contribution in [0.2, 0.25) is 0 Å². The number of aromatic nitrogens is 3. The molecule has 1 heterocycles. The normalized spacial score (nSPS) is 18.0. The Morgan fingerprint density at radius 1 is 1.30 bits per heavy atom. The molecule has 0 radical (unpaired) electrons. The van der Waals surface area contributed by atoms with Crippen LogP contribution in [0.3, 0.4) is 0 Å². The van der Waals surface area contributed by atoms with Crippen molar-refractivity contribution >= 4 is 5.71 Å². The first-order chi connectivity index (χ1) is 14.3. The van der Waals surface area contributed by atoms with E-state index in [1.165, 1.54) is 37.6 Å². The molecule has 0 spiro atoms. The summed E-state index contributed by atoms with van der Waals surface area (Å²) in [4.78, 5) is 9.25. The molecule has 1 saturated carbocycles. The van der Waals surface area contributed by atoms with E-state index in [-0.39, 0.29) is 18.0 Å². The third kappa shape index (κ3) is 4.07. The maximum atomic E-state index is 14.9. The quantitative estimate of drug-likeness (QED) is 0.358. The number of oxime groups is 1. The molecule has 1 aliphatic rings. The standard InChI is InChI=1S/C20H26F2N4O4/c1-13(2)17(25-30-18(28-3)29-4)19(7-8-19)20(27,10-26-12-23-11-24-26)15-6-5-14(21)9-16(15)22/h5-6,9,11-13,18,27H,7-8,10H2,1-4H3/b25-17+. The molecule has 10 heteroatoms. The first-order valence-corrected chi connectivity index (χ1v) is 9.57. The summed E-state index contributed by atoms with van der Waals surface area (Å²) >= 11 is 0. The number of hydrogen-bond acceptors (Lipinski definition) is 7. The Bertz CT molecular complexity index is 883. The van der Waals surface area contributed by atoms with Crippen LogP contribution < -0.4 is 0 Å². The number of benzene rings is 1. The Morgan fingerprint density at radius 2 is 2.00 bits per heavy atom. The predicted molar refractivity (Wildman–Crippen MR) is 103 cm³/mol. The molecular formula is C20H26F2N4O4. The molecule has 1 fully saturated rings. The molecule has 0 bridgehead atoms. The zero-order valence-electron chi connectivity index (χ0n) is 17.4. The van der Waals surface area contributed by atoms with Crippen LogP contribution in [-0.2, 0) is 26.5 Å². The SMILES string of the molecule is COC(OC)O/N=C(\C(C)C)C1(C(O)(Cn2cncn2)c2ccc(F)cc2F)CC1. The van der Waals surface area contributed by atoms with Gasteiger partial charge in [0.05, 0.1) is 12.3 Å². The second kappa shape index (κ2) is 8.75. The fourth-order valence-electron chi connectivity index (χ4n) is 3.90. The number of ether oxygens (including phenoxy) is 2. The van der Waals surface area contributed by atoms with E-state index in [4.69, 9.17) is 14.3 Å². The first kappa shape index (κ1) is 22.3. The van der Waals surface area contributed by atoms with Crippen molar-refractivity contribution in [1.29, 1.82) is 0 Å². The minimum atomic E-state index is -1.78. The number of aliphatic hydroxyl groups is 1. The highest BCUT2D eigenvalue weighted by atomic mass is 19.1. The Hall–Kier alpha value is -2.43. The van der Waals surface area contributed by atoms with Gasteiger partial charge in [0.2, 0.25) is 0 Å². The summed E-state index contributed by atoms with van der Waals surface area (Å²) < 4.78 is 39.9. The predicted octanol–water partition coefficient (Wildman–Crippen LogP) is 2.83. The Kier molecular flexibility index (Phi) is 6.49. The molecular weight excluding hydrogens is 398 g/mol. The zero-order valence-corrected chi connectivity index (χ0v) is 17.4. The van der Waals surface area contributed by atoms with Crippen molar-refractivity contribution < 1.29 is 28.2 Å². The summed E-state index contributed by atoms with van der Waals surface area (Å²) in [5.74, 6) is -1.72. The van der Waals surface area contributed by atoms with Crippen molar-refractivity contribution in [2.75, 3.05) is 14.2 Å². The van der Waals surface area contributed by atoms with E-state index >= 15 is 0 Å². The minimum Gasteiger partial charge on any atom is -0.382 e. The van der Waals surface area contributed by atoms with Crippen LogP contribution in [0.15, 0.2) is 36.0 Å². The molecule has 1 atom stereocenters. The number of hydrogen-bond donors (Lipinski definition) is 1. The largest absolute Gasteiger partial charge is 0.382 e. The van der Waals surface area contributed by atoms with Crippen LogP contribution in [0.25, 0.3) is 0 Å². The smallest absolute Gasteiger partial charge is 0.339 e. The highest BCUT2D eigenvalue weighted by Crippen LogP contribution is 2.61. The number of nitrogens with zero attached hydrogens (tertiary/aromatic N) is 4. The van der Waals surface area contributed by atoms with Gasteiger partial charge in [-0.2, -0.15) is 5.10 Å². The Labute approximate surface area is 173 Å². The van der Waals surface area contributed by atoms with Gasteiger partial charge in [-0.1, -0.05) is 25.1 Å². The summed E-state index contributed by atoms with van der Waals surface area (Å²) in [6.07, 6.45) is 3.81. The van der Waals surface area contributed by atoms with E-state index in [1.807, 2.05) is 13.8 Å². The van der Waals surface area contributed by atoms with E-state index in [0.29, 0.717) is 18.6 Å². The van der Waals surface area contributed by atoms with Crippen LogP contribution >= 0.6 is 0 Å². The van der Waals surface area contributed by atoms with E-state index in [1.54, 1.807) is 0 Å². The second-order valence-electron chi connectivity index (χ2n) is 7.66. The van der Waals surface area contributed by atoms with Crippen molar-refractivity contribution in [2.45, 2.75) is 45.3 Å². The summed E-state index contributed by atoms with van der Waals surface area (Å²) in [6, 6.07) is 3.13. The summed E-state index contributed by atoms with van der Waals surface area (Å²) in [5, 5.41) is 20.3. The Morgan fingerprint density at radius 3 is 2.50 bits per heavy atom. The van der Waals surface area contributed by atoms with Crippen LogP contribution in [-0.4, -0.2) is 46.3 Å². The lowest BCUT2D eigenvalue weighted by Crippen LogP contribution is -2.47. The van der Waals surface area contributed by atoms with Crippen molar-refractivity contribution in [3.05, 3.63) is 48.1 Å². The van der Waals surface area contributed by atoms with Gasteiger partial charge in [-0.05, 0) is 24.8 Å². The average Bonchev–Trinajstić information content (AvgIpc) is 3.35. The number of halogens is 2. The van der Waals surface area contributed by atoms with Crippen LogP contribution in [0, 0.1) is 23.0 Å². The van der Waals surface area contributed by atoms with E-state index in [0.717, 1.165) is 12.1 Å². The molecule has 1 aliphatic carbocycles. The minimum absolute atomic E-state index is 0.0414. The van der Waals surface area contributed by atoms with Gasteiger partial charge in [0.25, 0.3) is 0 Å². The van der Waals surface area contributed by atoms with Gasteiger partial charge in [-0.15, -0.1) is 0 Å². The lowest BCUT2D eigenvalue weighted by molar-refractivity contribution is -0.266. The third-order valence-corrected chi connectivity index (χ3v) is 5.43. The summed E-state index contributed by atoms with van der Waals surface area (Å²) in [7, 11) is 2.81. The number of methoxy groups -OCH3 is 2. The molecule has 1 aromatic carbocycles. The highest BCUT2D eigenvalue weighted by Gasteiger charge is 2.64. The molecule has 1 N–H and O–H groups in total. The van der Waals surface area contributed by atoms with Gasteiger partial charge in [0.1, 0.15) is 29.9 Å². The summed E-state index contributed by atoms with van der Waals surface area (Å²) in [6.45, 7) is 2.67. The fourth-order valence-corrected chi connectivity index (χ4v) is 3.90. The molecule has 1 unspecified atom stereocenters. The number of rotatable bonds is 10. The van der Waals surface area contributed by atoms with E-state index < -0.39 is 29.1 Å². The van der Waals surface area contributed by atoms with Gasteiger partial charge >= 0.3 is 6.48 Å². The molecule has 164 valence electrons. The highest BCUT2D eigenvalue weighted by molar-refractivity contribution is 5.95. The van der Waals surface area contributed by atoms with Crippen LogP contribution in [0.4, 0.5) is 8.78 Å². The van der Waals surface area contributed by atoms with Crippen molar-refractivity contribution in [1.82, 2.24) is 14.8 Å². The van der Waals surface area contributed by atoms with E-state index in [2.05, 4.69) is 15.2 Å². The van der Waals surface area contributed by atoms with Gasteiger partial charge in [-0.25, -0.2) is 18.4 Å². The zero-order chi connectivity index (χ0) is 21.9. The van der Waals surface area contributed by atoms with Crippen LogP contribution in [0.1, 0.15) is 32.3 Å². The lowest BCUT2D eigenvalue weighted by Gasteiger charge is -2.39. The third-order valence-electron chi connectivity index (χ3n) is 5.43. The van der Waals surface area contributed by atoms with E-state index in [9.17, 15) is 13.9 Å². The van der Waals surface area contributed by atoms with Gasteiger partial charge < -0.3 is 19.4 Å². The topological polar surface area (TPSA) is 91.0 Å². The summed E-state index contributed by atoms with van der Waals surface area (Å²) in [5.41, 5.74) is -2.24. The molecule has 3 rings (SSSR count). The second-order valence-corrected chi connectivity index (χ2v) is 7.66. The van der Waals surface area contributed by atoms with Gasteiger partial charge in [-0.3, -0.25) is 0 Å². The molecule has 0 amide bonds. The fraction of sp³-hybridized carbons (Fsp3) is 0.550. The molecule has 0 saturated heterocycles.